The lowest BCUT2D eigenvalue weighted by Crippen LogP contribution is -2.19. The molecular weight excluding hydrogens is 288 g/mol. The zero-order chi connectivity index (χ0) is 16.2. The van der Waals surface area contributed by atoms with Gasteiger partial charge in [-0.05, 0) is 42.7 Å². The fraction of sp³-hybridized carbons (Fsp3) is 0.316. The van der Waals surface area contributed by atoms with Crippen molar-refractivity contribution in [3.05, 3.63) is 59.2 Å². The van der Waals surface area contributed by atoms with E-state index in [2.05, 4.69) is 11.0 Å². The molecule has 0 amide bonds. The molecular formula is C19H22N2O2. The first-order valence-electron chi connectivity index (χ1n) is 7.95. The van der Waals surface area contributed by atoms with E-state index in [1.807, 2.05) is 36.4 Å². The Morgan fingerprint density at radius 1 is 1.17 bits per heavy atom. The molecule has 0 aromatic heterocycles. The largest absolute Gasteiger partial charge is 0.493 e. The van der Waals surface area contributed by atoms with Gasteiger partial charge in [-0.15, -0.1) is 0 Å². The lowest BCUT2D eigenvalue weighted by atomic mass is 10.0. The van der Waals surface area contributed by atoms with Crippen LogP contribution < -0.4 is 10.5 Å². The van der Waals surface area contributed by atoms with Crippen LogP contribution in [0, 0.1) is 0 Å². The predicted molar refractivity (Wildman–Crippen MR) is 91.5 cm³/mol. The Bertz CT molecular complexity index is 712. The van der Waals surface area contributed by atoms with E-state index in [4.69, 9.17) is 10.5 Å². The van der Waals surface area contributed by atoms with Crippen LogP contribution in [0.25, 0.3) is 0 Å². The van der Waals surface area contributed by atoms with Crippen LogP contribution in [-0.4, -0.2) is 23.8 Å². The maximum Gasteiger partial charge on any atom is 0.159 e. The van der Waals surface area contributed by atoms with Crippen LogP contribution in [0.15, 0.2) is 42.5 Å². The minimum atomic E-state index is 0.127. The number of carbonyl (C=O) groups excluding carboxylic acids is 1. The third-order valence-corrected chi connectivity index (χ3v) is 4.15. The Morgan fingerprint density at radius 2 is 2.00 bits per heavy atom. The third-order valence-electron chi connectivity index (χ3n) is 4.15. The number of nitrogens with zero attached hydrogens (tertiary/aromatic N) is 1. The Hall–Kier alpha value is -2.33. The van der Waals surface area contributed by atoms with Gasteiger partial charge in [-0.25, -0.2) is 0 Å². The van der Waals surface area contributed by atoms with E-state index >= 15 is 0 Å². The minimum Gasteiger partial charge on any atom is -0.493 e. The topological polar surface area (TPSA) is 55.6 Å². The summed E-state index contributed by atoms with van der Waals surface area (Å²) in [4.78, 5) is 13.8. The maximum absolute atomic E-state index is 11.5. The summed E-state index contributed by atoms with van der Waals surface area (Å²) in [6, 6.07) is 13.5. The van der Waals surface area contributed by atoms with Crippen LogP contribution in [0.5, 0.6) is 5.75 Å². The van der Waals surface area contributed by atoms with Gasteiger partial charge in [0, 0.05) is 37.0 Å². The Balaban J connectivity index is 1.46. The van der Waals surface area contributed by atoms with Gasteiger partial charge < -0.3 is 10.5 Å². The molecule has 2 aromatic carbocycles. The van der Waals surface area contributed by atoms with Crippen LogP contribution in [0.2, 0.25) is 0 Å². The van der Waals surface area contributed by atoms with Gasteiger partial charge in [0.2, 0.25) is 0 Å². The zero-order valence-corrected chi connectivity index (χ0v) is 13.4. The molecule has 2 N–H and O–H groups in total. The van der Waals surface area contributed by atoms with Crippen molar-refractivity contribution in [1.82, 2.24) is 4.90 Å². The fourth-order valence-electron chi connectivity index (χ4n) is 2.92. The summed E-state index contributed by atoms with van der Waals surface area (Å²) in [5, 5.41) is 0. The molecule has 0 bridgehead atoms. The lowest BCUT2D eigenvalue weighted by Gasteiger charge is -2.14. The molecule has 0 aliphatic carbocycles. The molecule has 4 heteroatoms. The monoisotopic (exact) mass is 310 g/mol. The second kappa shape index (κ2) is 6.84. The minimum absolute atomic E-state index is 0.127. The average molecular weight is 310 g/mol. The van der Waals surface area contributed by atoms with Gasteiger partial charge in [-0.3, -0.25) is 9.69 Å². The van der Waals surface area contributed by atoms with Crippen LogP contribution in [-0.2, 0) is 13.1 Å². The second-order valence-electron chi connectivity index (χ2n) is 6.02. The molecule has 1 heterocycles. The van der Waals surface area contributed by atoms with E-state index in [1.54, 1.807) is 6.92 Å². The van der Waals surface area contributed by atoms with Crippen molar-refractivity contribution in [3.8, 4) is 5.75 Å². The first-order valence-corrected chi connectivity index (χ1v) is 7.95. The molecule has 0 atom stereocenters. The molecule has 23 heavy (non-hydrogen) atoms. The smallest absolute Gasteiger partial charge is 0.159 e. The molecule has 0 saturated carbocycles. The van der Waals surface area contributed by atoms with Crippen molar-refractivity contribution < 1.29 is 9.53 Å². The number of hydrogen-bond acceptors (Lipinski definition) is 4. The molecule has 0 fully saturated rings. The van der Waals surface area contributed by atoms with E-state index in [-0.39, 0.29) is 5.78 Å². The second-order valence-corrected chi connectivity index (χ2v) is 6.02. The fourth-order valence-corrected chi connectivity index (χ4v) is 2.92. The summed E-state index contributed by atoms with van der Waals surface area (Å²) in [6.45, 7) is 5.13. The molecule has 1 aliphatic heterocycles. The maximum atomic E-state index is 11.5. The molecule has 0 unspecified atom stereocenters. The first kappa shape index (κ1) is 15.6. The number of Topliss-reactive ketones (excluding diaryl/α,β-unsaturated/α-hetero) is 1. The number of fused-ring (bicyclic) bond motifs is 1. The van der Waals surface area contributed by atoms with Crippen LogP contribution in [0.1, 0.15) is 34.8 Å². The lowest BCUT2D eigenvalue weighted by molar-refractivity contribution is 0.101. The third kappa shape index (κ3) is 3.90. The highest BCUT2D eigenvalue weighted by atomic mass is 16.5. The normalized spacial score (nSPS) is 13.8. The van der Waals surface area contributed by atoms with Gasteiger partial charge in [0.25, 0.3) is 0 Å². The molecule has 3 rings (SSSR count). The SMILES string of the molecule is CC(=O)c1ccc2c(c1)CN(CCCOc1cccc(N)c1)C2. The van der Waals surface area contributed by atoms with Crippen molar-refractivity contribution in [2.45, 2.75) is 26.4 Å². The van der Waals surface area contributed by atoms with Crippen molar-refractivity contribution in [1.29, 1.82) is 0 Å². The standard InChI is InChI=1S/C19H22N2O2/c1-14(22)15-6-7-16-12-21(13-17(16)10-15)8-3-9-23-19-5-2-4-18(20)11-19/h2,4-7,10-11H,3,8-9,12-13,20H2,1H3. The zero-order valence-electron chi connectivity index (χ0n) is 13.4. The number of benzene rings is 2. The van der Waals surface area contributed by atoms with Gasteiger partial charge >= 0.3 is 0 Å². The van der Waals surface area contributed by atoms with E-state index in [9.17, 15) is 4.79 Å². The van der Waals surface area contributed by atoms with Gasteiger partial charge in [0.1, 0.15) is 5.75 Å². The quantitative estimate of drug-likeness (QED) is 0.505. The number of hydrogen-bond donors (Lipinski definition) is 1. The first-order chi connectivity index (χ1) is 11.1. The number of carbonyl (C=O) groups is 1. The van der Waals surface area contributed by atoms with Crippen molar-refractivity contribution in [2.24, 2.45) is 0 Å². The number of nitrogens with two attached hydrogens (primary N) is 1. The Morgan fingerprint density at radius 3 is 2.78 bits per heavy atom. The Kier molecular flexibility index (Phi) is 4.63. The average Bonchev–Trinajstić information content (AvgIpc) is 2.93. The summed E-state index contributed by atoms with van der Waals surface area (Å²) in [5.74, 6) is 0.947. The number of ether oxygens (including phenoxy) is 1. The summed E-state index contributed by atoms with van der Waals surface area (Å²) in [7, 11) is 0. The van der Waals surface area contributed by atoms with Gasteiger partial charge in [-0.2, -0.15) is 0 Å². The van der Waals surface area contributed by atoms with Crippen LogP contribution in [0.4, 0.5) is 5.69 Å². The highest BCUT2D eigenvalue weighted by molar-refractivity contribution is 5.94. The van der Waals surface area contributed by atoms with E-state index in [0.717, 1.165) is 43.1 Å². The predicted octanol–water partition coefficient (Wildman–Crippen LogP) is 3.26. The van der Waals surface area contributed by atoms with Gasteiger partial charge in [0.05, 0.1) is 6.61 Å². The number of rotatable bonds is 6. The van der Waals surface area contributed by atoms with E-state index < -0.39 is 0 Å². The molecule has 0 saturated heterocycles. The van der Waals surface area contributed by atoms with Crippen molar-refractivity contribution >= 4 is 11.5 Å². The molecule has 4 nitrogen and oxygen atoms in total. The van der Waals surface area contributed by atoms with Gasteiger partial charge in [0.15, 0.2) is 5.78 Å². The molecule has 0 spiro atoms. The number of nitrogen functional groups attached to an aromatic ring is 1. The van der Waals surface area contributed by atoms with Crippen molar-refractivity contribution in [3.63, 3.8) is 0 Å². The molecule has 1 aliphatic rings. The highest BCUT2D eigenvalue weighted by Crippen LogP contribution is 2.24. The summed E-state index contributed by atoms with van der Waals surface area (Å²) < 4.78 is 5.72. The van der Waals surface area contributed by atoms with E-state index in [0.29, 0.717) is 6.61 Å². The van der Waals surface area contributed by atoms with Crippen LogP contribution >= 0.6 is 0 Å². The van der Waals surface area contributed by atoms with Crippen molar-refractivity contribution in [2.75, 3.05) is 18.9 Å². The highest BCUT2D eigenvalue weighted by Gasteiger charge is 2.19. The van der Waals surface area contributed by atoms with Gasteiger partial charge in [-0.1, -0.05) is 18.2 Å². The number of anilines is 1. The molecule has 120 valence electrons. The van der Waals surface area contributed by atoms with Crippen LogP contribution in [0.3, 0.4) is 0 Å². The summed E-state index contributed by atoms with van der Waals surface area (Å²) in [6.07, 6.45) is 0.961. The van der Waals surface area contributed by atoms with E-state index in [1.165, 1.54) is 11.1 Å². The Labute approximate surface area is 136 Å². The summed E-state index contributed by atoms with van der Waals surface area (Å²) in [5.41, 5.74) is 9.85. The molecule has 0 radical (unpaired) electrons. The molecule has 2 aromatic rings. The summed E-state index contributed by atoms with van der Waals surface area (Å²) >= 11 is 0. The number of ketones is 1.